The lowest BCUT2D eigenvalue weighted by Crippen LogP contribution is -2.35. The first kappa shape index (κ1) is 15.5. The van der Waals surface area contributed by atoms with E-state index < -0.39 is 5.97 Å². The number of aromatic nitrogens is 1. The van der Waals surface area contributed by atoms with Crippen molar-refractivity contribution in [2.45, 2.75) is 37.8 Å². The minimum atomic E-state index is -1.00. The number of hydrogen-bond donors (Lipinski definition) is 2. The van der Waals surface area contributed by atoms with Gasteiger partial charge < -0.3 is 10.4 Å². The summed E-state index contributed by atoms with van der Waals surface area (Å²) in [6.45, 7) is 4.07. The molecule has 1 aromatic rings. The predicted molar refractivity (Wildman–Crippen MR) is 74.4 cm³/mol. The van der Waals surface area contributed by atoms with Crippen LogP contribution in [-0.2, 0) is 4.79 Å². The van der Waals surface area contributed by atoms with Crippen LogP contribution in [0, 0.1) is 0 Å². The highest BCUT2D eigenvalue weighted by Gasteiger charge is 2.09. The zero-order valence-corrected chi connectivity index (χ0v) is 11.9. The zero-order valence-electron chi connectivity index (χ0n) is 11.0. The highest BCUT2D eigenvalue weighted by Crippen LogP contribution is 2.15. The molecule has 0 fully saturated rings. The van der Waals surface area contributed by atoms with Crippen LogP contribution in [0.1, 0.15) is 37.0 Å². The third kappa shape index (κ3) is 5.30. The highest BCUT2D eigenvalue weighted by atomic mass is 32.2. The van der Waals surface area contributed by atoms with Gasteiger partial charge in [0.15, 0.2) is 0 Å². The van der Waals surface area contributed by atoms with E-state index in [0.717, 1.165) is 12.8 Å². The lowest BCUT2D eigenvalue weighted by Gasteiger charge is -2.14. The summed E-state index contributed by atoms with van der Waals surface area (Å²) in [4.78, 5) is 26.3. The van der Waals surface area contributed by atoms with Gasteiger partial charge in [0, 0.05) is 12.2 Å². The molecule has 0 aromatic carbocycles. The van der Waals surface area contributed by atoms with E-state index in [2.05, 4.69) is 10.3 Å². The van der Waals surface area contributed by atoms with Gasteiger partial charge in [-0.1, -0.05) is 25.6 Å². The summed E-state index contributed by atoms with van der Waals surface area (Å²) in [6.07, 6.45) is 3.13. The molecule has 0 spiro atoms. The van der Waals surface area contributed by atoms with Gasteiger partial charge in [0.2, 0.25) is 5.91 Å². The monoisotopic (exact) mass is 282 g/mol. The summed E-state index contributed by atoms with van der Waals surface area (Å²) in [5.41, 5.74) is 0.144. The van der Waals surface area contributed by atoms with E-state index in [0.29, 0.717) is 5.03 Å². The Kier molecular flexibility index (Phi) is 6.35. The van der Waals surface area contributed by atoms with E-state index >= 15 is 0 Å². The van der Waals surface area contributed by atoms with Gasteiger partial charge in [0.05, 0.1) is 16.3 Å². The minimum Gasteiger partial charge on any atom is -0.478 e. The summed E-state index contributed by atoms with van der Waals surface area (Å²) in [7, 11) is 0. The van der Waals surface area contributed by atoms with Gasteiger partial charge in [-0.15, -0.1) is 0 Å². The number of amides is 1. The molecule has 0 unspecified atom stereocenters. The molecule has 0 aliphatic rings. The molecule has 19 heavy (non-hydrogen) atoms. The van der Waals surface area contributed by atoms with Gasteiger partial charge in [-0.2, -0.15) is 0 Å². The lowest BCUT2D eigenvalue weighted by atomic mass is 10.2. The number of nitrogens with one attached hydrogen (secondary N) is 1. The number of nitrogens with zero attached hydrogens (tertiary/aromatic N) is 1. The fraction of sp³-hybridized carbons (Fsp3) is 0.462. The van der Waals surface area contributed by atoms with Crippen molar-refractivity contribution >= 4 is 23.6 Å². The summed E-state index contributed by atoms with van der Waals surface area (Å²) in [5.74, 6) is -0.742. The van der Waals surface area contributed by atoms with Crippen LogP contribution in [0.25, 0.3) is 0 Å². The number of carboxylic acid groups (broad SMARTS) is 1. The second-order valence-corrected chi connectivity index (χ2v) is 5.06. The Hall–Kier alpha value is -1.56. The van der Waals surface area contributed by atoms with Crippen LogP contribution in [0.5, 0.6) is 0 Å². The molecule has 1 amide bonds. The van der Waals surface area contributed by atoms with Gasteiger partial charge in [0.1, 0.15) is 0 Å². The summed E-state index contributed by atoms with van der Waals surface area (Å²) >= 11 is 1.30. The average Bonchev–Trinajstić information content (AvgIpc) is 2.43. The summed E-state index contributed by atoms with van der Waals surface area (Å²) in [5, 5.41) is 12.3. The fourth-order valence-corrected chi connectivity index (χ4v) is 2.15. The van der Waals surface area contributed by atoms with E-state index in [1.807, 2.05) is 13.8 Å². The molecule has 0 saturated carbocycles. The van der Waals surface area contributed by atoms with Crippen molar-refractivity contribution < 1.29 is 14.7 Å². The quantitative estimate of drug-likeness (QED) is 0.749. The third-order valence-electron chi connectivity index (χ3n) is 2.69. The maximum atomic E-state index is 11.7. The van der Waals surface area contributed by atoms with Crippen LogP contribution in [0.15, 0.2) is 23.4 Å². The zero-order chi connectivity index (χ0) is 14.3. The molecule has 104 valence electrons. The van der Waals surface area contributed by atoms with Crippen molar-refractivity contribution in [3.8, 4) is 0 Å². The molecule has 0 saturated heterocycles. The van der Waals surface area contributed by atoms with E-state index in [-0.39, 0.29) is 23.3 Å². The van der Waals surface area contributed by atoms with Crippen molar-refractivity contribution in [3.05, 3.63) is 23.9 Å². The Morgan fingerprint density at radius 1 is 1.37 bits per heavy atom. The molecule has 1 rings (SSSR count). The van der Waals surface area contributed by atoms with Crippen LogP contribution in [0.4, 0.5) is 0 Å². The van der Waals surface area contributed by atoms with Gasteiger partial charge in [-0.05, 0) is 25.0 Å². The minimum absolute atomic E-state index is 0.0252. The van der Waals surface area contributed by atoms with Crippen molar-refractivity contribution in [2.24, 2.45) is 0 Å². The van der Waals surface area contributed by atoms with Gasteiger partial charge >= 0.3 is 5.97 Å². The second kappa shape index (κ2) is 7.78. The number of rotatable bonds is 7. The standard InChI is InChI=1S/C13H18N2O3S/c1-3-10(4-2)15-11(16)8-19-12-6-5-9(7-14-12)13(17)18/h5-7,10H,3-4,8H2,1-2H3,(H,15,16)(H,17,18). The maximum absolute atomic E-state index is 11.7. The van der Waals surface area contributed by atoms with Gasteiger partial charge in [-0.3, -0.25) is 4.79 Å². The van der Waals surface area contributed by atoms with Crippen LogP contribution >= 0.6 is 11.8 Å². The molecule has 2 N–H and O–H groups in total. The van der Waals surface area contributed by atoms with Crippen LogP contribution in [0.2, 0.25) is 0 Å². The van der Waals surface area contributed by atoms with Crippen molar-refractivity contribution in [3.63, 3.8) is 0 Å². The first-order valence-electron chi connectivity index (χ1n) is 6.18. The normalized spacial score (nSPS) is 10.5. The van der Waals surface area contributed by atoms with Gasteiger partial charge in [-0.25, -0.2) is 9.78 Å². The SMILES string of the molecule is CCC(CC)NC(=O)CSc1ccc(C(=O)O)cn1. The van der Waals surface area contributed by atoms with Crippen LogP contribution < -0.4 is 5.32 Å². The number of carboxylic acids is 1. The lowest BCUT2D eigenvalue weighted by molar-refractivity contribution is -0.119. The Morgan fingerprint density at radius 3 is 2.53 bits per heavy atom. The Morgan fingerprint density at radius 2 is 2.05 bits per heavy atom. The van der Waals surface area contributed by atoms with Crippen LogP contribution in [-0.4, -0.2) is 33.8 Å². The number of thioether (sulfide) groups is 1. The Balaban J connectivity index is 2.43. The summed E-state index contributed by atoms with van der Waals surface area (Å²) in [6, 6.07) is 3.31. The Bertz CT molecular complexity index is 430. The fourth-order valence-electron chi connectivity index (χ4n) is 1.49. The molecule has 0 radical (unpaired) electrons. The molecule has 0 atom stereocenters. The molecule has 5 nitrogen and oxygen atoms in total. The smallest absolute Gasteiger partial charge is 0.337 e. The van der Waals surface area contributed by atoms with Crippen molar-refractivity contribution in [1.29, 1.82) is 0 Å². The first-order chi connectivity index (χ1) is 9.06. The van der Waals surface area contributed by atoms with E-state index in [1.54, 1.807) is 6.07 Å². The largest absolute Gasteiger partial charge is 0.478 e. The summed E-state index contributed by atoms with van der Waals surface area (Å²) < 4.78 is 0. The Labute approximate surface area is 116 Å². The molecular formula is C13H18N2O3S. The topological polar surface area (TPSA) is 79.3 Å². The average molecular weight is 282 g/mol. The predicted octanol–water partition coefficient (Wildman–Crippen LogP) is 2.18. The maximum Gasteiger partial charge on any atom is 0.337 e. The van der Waals surface area contributed by atoms with E-state index in [1.165, 1.54) is 24.0 Å². The molecule has 1 aromatic heterocycles. The van der Waals surface area contributed by atoms with Crippen molar-refractivity contribution in [2.75, 3.05) is 5.75 Å². The number of pyridine rings is 1. The van der Waals surface area contributed by atoms with Gasteiger partial charge in [0.25, 0.3) is 0 Å². The van der Waals surface area contributed by atoms with E-state index in [9.17, 15) is 9.59 Å². The number of carbonyl (C=O) groups excluding carboxylic acids is 1. The van der Waals surface area contributed by atoms with E-state index in [4.69, 9.17) is 5.11 Å². The molecule has 0 aliphatic carbocycles. The number of aromatic carboxylic acids is 1. The highest BCUT2D eigenvalue weighted by molar-refractivity contribution is 7.99. The molecule has 6 heteroatoms. The van der Waals surface area contributed by atoms with Crippen molar-refractivity contribution in [1.82, 2.24) is 10.3 Å². The molecular weight excluding hydrogens is 264 g/mol. The first-order valence-corrected chi connectivity index (χ1v) is 7.16. The number of carbonyl (C=O) groups is 2. The van der Waals surface area contributed by atoms with Crippen LogP contribution in [0.3, 0.4) is 0 Å². The second-order valence-electron chi connectivity index (χ2n) is 4.06. The molecule has 0 aliphatic heterocycles. The number of hydrogen-bond acceptors (Lipinski definition) is 4. The molecule has 0 bridgehead atoms. The third-order valence-corrected chi connectivity index (χ3v) is 3.63. The molecule has 1 heterocycles.